The minimum Gasteiger partial charge on any atom is -0.495 e. The summed E-state index contributed by atoms with van der Waals surface area (Å²) in [6, 6.07) is 4.60. The maximum atomic E-state index is 11.7. The van der Waals surface area contributed by atoms with Crippen LogP contribution in [0.2, 0.25) is 5.02 Å². The third-order valence-electron chi connectivity index (χ3n) is 2.87. The molecular formula is C12H13ClN2O3. The van der Waals surface area contributed by atoms with E-state index in [0.29, 0.717) is 16.5 Å². The van der Waals surface area contributed by atoms with E-state index >= 15 is 0 Å². The smallest absolute Gasteiger partial charge is 0.251 e. The van der Waals surface area contributed by atoms with Gasteiger partial charge in [0, 0.05) is 12.7 Å². The number of imide groups is 1. The number of carbonyl (C=O) groups excluding carboxylic acids is 2. The maximum Gasteiger partial charge on any atom is 0.251 e. The minimum atomic E-state index is -0.521. The van der Waals surface area contributed by atoms with Crippen LogP contribution in [-0.2, 0) is 9.59 Å². The van der Waals surface area contributed by atoms with E-state index in [9.17, 15) is 9.59 Å². The largest absolute Gasteiger partial charge is 0.495 e. The van der Waals surface area contributed by atoms with Crippen LogP contribution in [0.15, 0.2) is 18.2 Å². The number of hydrogen-bond donors (Lipinski definition) is 1. The summed E-state index contributed by atoms with van der Waals surface area (Å²) in [5.41, 5.74) is 0.683. The zero-order chi connectivity index (χ0) is 13.3. The van der Waals surface area contributed by atoms with Crippen molar-refractivity contribution >= 4 is 29.1 Å². The van der Waals surface area contributed by atoms with Crippen molar-refractivity contribution in [3.05, 3.63) is 23.2 Å². The lowest BCUT2D eigenvalue weighted by Gasteiger charge is -2.13. The number of amides is 2. The van der Waals surface area contributed by atoms with Crippen LogP contribution in [0.4, 0.5) is 5.69 Å². The predicted molar refractivity (Wildman–Crippen MR) is 67.8 cm³/mol. The molecule has 5 nitrogen and oxygen atoms in total. The van der Waals surface area contributed by atoms with Gasteiger partial charge in [-0.05, 0) is 18.2 Å². The van der Waals surface area contributed by atoms with E-state index in [0.717, 1.165) is 4.90 Å². The molecular weight excluding hydrogens is 256 g/mol. The topological polar surface area (TPSA) is 58.6 Å². The molecule has 1 aliphatic rings. The summed E-state index contributed by atoms with van der Waals surface area (Å²) in [4.78, 5) is 24.2. The average molecular weight is 269 g/mol. The number of anilines is 1. The Kier molecular flexibility index (Phi) is 3.43. The predicted octanol–water partition coefficient (Wildman–Crippen LogP) is 1.52. The van der Waals surface area contributed by atoms with Crippen LogP contribution in [-0.4, -0.2) is 36.9 Å². The number of nitrogens with zero attached hydrogens (tertiary/aromatic N) is 1. The summed E-state index contributed by atoms with van der Waals surface area (Å²) in [6.07, 6.45) is 0.166. The molecule has 1 saturated heterocycles. The lowest BCUT2D eigenvalue weighted by atomic mass is 10.2. The van der Waals surface area contributed by atoms with Crippen molar-refractivity contribution in [1.82, 2.24) is 4.90 Å². The summed E-state index contributed by atoms with van der Waals surface area (Å²) < 4.78 is 5.04. The number of hydrogen-bond acceptors (Lipinski definition) is 4. The molecule has 6 heteroatoms. The quantitative estimate of drug-likeness (QED) is 0.845. The molecule has 1 aromatic carbocycles. The Morgan fingerprint density at radius 3 is 2.67 bits per heavy atom. The van der Waals surface area contributed by atoms with Crippen molar-refractivity contribution in [2.45, 2.75) is 12.5 Å². The molecule has 0 aromatic heterocycles. The number of carbonyl (C=O) groups is 2. The Morgan fingerprint density at radius 2 is 2.17 bits per heavy atom. The SMILES string of the molecule is COc1ccc(NC2CC(=O)N(C)C2=O)cc1Cl. The van der Waals surface area contributed by atoms with E-state index in [2.05, 4.69) is 5.32 Å². The first-order valence-electron chi connectivity index (χ1n) is 5.43. The summed E-state index contributed by atoms with van der Waals surface area (Å²) in [5.74, 6) is 0.150. The highest BCUT2D eigenvalue weighted by Gasteiger charge is 2.35. The second-order valence-corrected chi connectivity index (χ2v) is 4.45. The van der Waals surface area contributed by atoms with E-state index in [1.54, 1.807) is 18.2 Å². The molecule has 1 heterocycles. The maximum absolute atomic E-state index is 11.7. The molecule has 96 valence electrons. The van der Waals surface area contributed by atoms with Crippen molar-refractivity contribution in [1.29, 1.82) is 0 Å². The number of nitrogens with one attached hydrogen (secondary N) is 1. The van der Waals surface area contributed by atoms with Gasteiger partial charge in [-0.15, -0.1) is 0 Å². The van der Waals surface area contributed by atoms with E-state index in [1.165, 1.54) is 14.2 Å². The Hall–Kier alpha value is -1.75. The third kappa shape index (κ3) is 2.26. The van der Waals surface area contributed by atoms with Gasteiger partial charge in [0.25, 0.3) is 5.91 Å². The zero-order valence-corrected chi connectivity index (χ0v) is 10.8. The molecule has 0 bridgehead atoms. The van der Waals surface area contributed by atoms with E-state index in [1.807, 2.05) is 0 Å². The summed E-state index contributed by atoms with van der Waals surface area (Å²) >= 11 is 5.98. The minimum absolute atomic E-state index is 0.166. The zero-order valence-electron chi connectivity index (χ0n) is 10.1. The van der Waals surface area contributed by atoms with Crippen LogP contribution in [0.25, 0.3) is 0 Å². The number of halogens is 1. The number of likely N-dealkylation sites (N-methyl/N-ethyl adjacent to an activating group) is 1. The second-order valence-electron chi connectivity index (χ2n) is 4.04. The van der Waals surface area contributed by atoms with E-state index in [-0.39, 0.29) is 18.2 Å². The van der Waals surface area contributed by atoms with Gasteiger partial charge < -0.3 is 10.1 Å². The normalized spacial score (nSPS) is 19.3. The number of methoxy groups -OCH3 is 1. The van der Waals surface area contributed by atoms with Gasteiger partial charge in [-0.1, -0.05) is 11.6 Å². The van der Waals surface area contributed by atoms with Crippen molar-refractivity contribution in [3.8, 4) is 5.75 Å². The number of rotatable bonds is 3. The Bertz CT molecular complexity index is 504. The third-order valence-corrected chi connectivity index (χ3v) is 3.17. The molecule has 2 rings (SSSR count). The van der Waals surface area contributed by atoms with Crippen molar-refractivity contribution in [2.75, 3.05) is 19.5 Å². The molecule has 2 amide bonds. The monoisotopic (exact) mass is 268 g/mol. The van der Waals surface area contributed by atoms with Crippen molar-refractivity contribution < 1.29 is 14.3 Å². The Morgan fingerprint density at radius 1 is 1.44 bits per heavy atom. The average Bonchev–Trinajstić information content (AvgIpc) is 2.57. The standard InChI is InChI=1S/C12H13ClN2O3/c1-15-11(16)6-9(12(15)17)14-7-3-4-10(18-2)8(13)5-7/h3-5,9,14H,6H2,1-2H3. The fraction of sp³-hybridized carbons (Fsp3) is 0.333. The van der Waals surface area contributed by atoms with Crippen LogP contribution >= 0.6 is 11.6 Å². The molecule has 1 aromatic rings. The summed E-state index contributed by atoms with van der Waals surface area (Å²) in [5, 5.41) is 3.44. The molecule has 0 aliphatic carbocycles. The van der Waals surface area contributed by atoms with E-state index in [4.69, 9.17) is 16.3 Å². The highest BCUT2D eigenvalue weighted by atomic mass is 35.5. The van der Waals surface area contributed by atoms with Gasteiger partial charge in [-0.25, -0.2) is 0 Å². The van der Waals surface area contributed by atoms with Crippen LogP contribution < -0.4 is 10.1 Å². The van der Waals surface area contributed by atoms with Gasteiger partial charge in [-0.3, -0.25) is 14.5 Å². The Labute approximate surface area is 110 Å². The van der Waals surface area contributed by atoms with E-state index < -0.39 is 6.04 Å². The highest BCUT2D eigenvalue weighted by molar-refractivity contribution is 6.32. The second kappa shape index (κ2) is 4.86. The molecule has 18 heavy (non-hydrogen) atoms. The van der Waals surface area contributed by atoms with Gasteiger partial charge in [0.05, 0.1) is 18.6 Å². The number of benzene rings is 1. The van der Waals surface area contributed by atoms with Crippen molar-refractivity contribution in [3.63, 3.8) is 0 Å². The summed E-state index contributed by atoms with van der Waals surface area (Å²) in [6.45, 7) is 0. The fourth-order valence-corrected chi connectivity index (χ4v) is 2.08. The molecule has 1 aliphatic heterocycles. The first kappa shape index (κ1) is 12.7. The number of ether oxygens (including phenoxy) is 1. The van der Waals surface area contributed by atoms with Gasteiger partial charge in [-0.2, -0.15) is 0 Å². The molecule has 0 radical (unpaired) electrons. The van der Waals surface area contributed by atoms with Gasteiger partial charge in [0.2, 0.25) is 5.91 Å². The molecule has 1 fully saturated rings. The number of likely N-dealkylation sites (tertiary alicyclic amines) is 1. The van der Waals surface area contributed by atoms with Gasteiger partial charge >= 0.3 is 0 Å². The van der Waals surface area contributed by atoms with Crippen LogP contribution in [0, 0.1) is 0 Å². The van der Waals surface area contributed by atoms with Gasteiger partial charge in [0.1, 0.15) is 11.8 Å². The van der Waals surface area contributed by atoms with Gasteiger partial charge in [0.15, 0.2) is 0 Å². The van der Waals surface area contributed by atoms with Crippen LogP contribution in [0.1, 0.15) is 6.42 Å². The fourth-order valence-electron chi connectivity index (χ4n) is 1.83. The lowest BCUT2D eigenvalue weighted by Crippen LogP contribution is -2.31. The Balaban J connectivity index is 2.13. The van der Waals surface area contributed by atoms with Crippen LogP contribution in [0.3, 0.4) is 0 Å². The molecule has 1 atom stereocenters. The first-order chi connectivity index (χ1) is 8.52. The molecule has 0 saturated carbocycles. The van der Waals surface area contributed by atoms with Crippen LogP contribution in [0.5, 0.6) is 5.75 Å². The molecule has 1 unspecified atom stereocenters. The molecule has 0 spiro atoms. The summed E-state index contributed by atoms with van der Waals surface area (Å²) in [7, 11) is 3.01. The molecule has 1 N–H and O–H groups in total. The highest BCUT2D eigenvalue weighted by Crippen LogP contribution is 2.28. The lowest BCUT2D eigenvalue weighted by molar-refractivity contribution is -0.136. The first-order valence-corrected chi connectivity index (χ1v) is 5.81. The van der Waals surface area contributed by atoms with Crippen molar-refractivity contribution in [2.24, 2.45) is 0 Å².